The zero-order valence-electron chi connectivity index (χ0n) is 10.6. The minimum atomic E-state index is -3.20. The Morgan fingerprint density at radius 2 is 2.00 bits per heavy atom. The molecule has 2 heterocycles. The molecule has 0 aliphatic carbocycles. The first kappa shape index (κ1) is 14.8. The number of rotatable bonds is 3. The maximum Gasteiger partial charge on any atom is 0.214 e. The smallest absolute Gasteiger partial charge is 0.214 e. The summed E-state index contributed by atoms with van der Waals surface area (Å²) >= 11 is 6.99. The van der Waals surface area contributed by atoms with Crippen LogP contribution in [-0.4, -0.2) is 56.6 Å². The second-order valence-electron chi connectivity index (χ2n) is 4.65. The van der Waals surface area contributed by atoms with Crippen LogP contribution in [0.25, 0.3) is 5.69 Å². The maximum atomic E-state index is 11.5. The number of halogens is 1. The number of benzene rings is 1. The van der Waals surface area contributed by atoms with Crippen LogP contribution in [0.15, 0.2) is 29.4 Å². The Kier molecular flexibility index (Phi) is 3.91. The van der Waals surface area contributed by atoms with Crippen molar-refractivity contribution in [1.82, 2.24) is 20.2 Å². The number of hydrogen-bond donors (Lipinski definition) is 1. The lowest BCUT2D eigenvalue weighted by molar-refractivity contribution is 0.207. The van der Waals surface area contributed by atoms with Crippen LogP contribution >= 0.6 is 23.4 Å². The number of hydrogen-bond acceptors (Lipinski definition) is 7. The Hall–Kier alpha value is -1.16. The van der Waals surface area contributed by atoms with Crippen molar-refractivity contribution in [2.24, 2.45) is 0 Å². The van der Waals surface area contributed by atoms with Crippen molar-refractivity contribution in [3.63, 3.8) is 0 Å². The van der Waals surface area contributed by atoms with Gasteiger partial charge in [-0.2, -0.15) is 4.68 Å². The number of aromatic nitrogens is 4. The number of sulfone groups is 1. The van der Waals surface area contributed by atoms with Gasteiger partial charge in [-0.25, -0.2) is 8.42 Å². The number of aliphatic hydroxyl groups is 1. The number of thioether (sulfide) groups is 1. The molecule has 0 unspecified atom stereocenters. The van der Waals surface area contributed by atoms with Crippen molar-refractivity contribution in [3.05, 3.63) is 29.3 Å². The molecule has 1 N–H and O–H groups in total. The van der Waals surface area contributed by atoms with Crippen LogP contribution in [0.2, 0.25) is 5.02 Å². The van der Waals surface area contributed by atoms with Crippen LogP contribution in [0.1, 0.15) is 0 Å². The molecule has 1 fully saturated rings. The third-order valence-electron chi connectivity index (χ3n) is 3.04. The van der Waals surface area contributed by atoms with Crippen LogP contribution < -0.4 is 0 Å². The van der Waals surface area contributed by atoms with Crippen LogP contribution in [0.5, 0.6) is 0 Å². The second kappa shape index (κ2) is 5.56. The molecule has 0 bridgehead atoms. The maximum absolute atomic E-state index is 11.5. The van der Waals surface area contributed by atoms with Gasteiger partial charge in [-0.1, -0.05) is 23.4 Å². The summed E-state index contributed by atoms with van der Waals surface area (Å²) in [5.41, 5.74) is 0.710. The SMILES string of the molecule is O=S1(=O)C[C@@H](O)[C@@H](Sc2nnnn2-c2ccc(Cl)cc2)C1. The van der Waals surface area contributed by atoms with E-state index in [0.29, 0.717) is 15.9 Å². The van der Waals surface area contributed by atoms with E-state index < -0.39 is 21.2 Å². The van der Waals surface area contributed by atoms with E-state index in [0.717, 1.165) is 11.8 Å². The fraction of sp³-hybridized carbons (Fsp3) is 0.364. The third kappa shape index (κ3) is 3.20. The monoisotopic (exact) mass is 346 g/mol. The lowest BCUT2D eigenvalue weighted by Crippen LogP contribution is -2.20. The van der Waals surface area contributed by atoms with Gasteiger partial charge in [-0.3, -0.25) is 0 Å². The molecule has 0 saturated carbocycles. The van der Waals surface area contributed by atoms with Crippen molar-refractivity contribution < 1.29 is 13.5 Å². The normalized spacial score (nSPS) is 24.3. The molecule has 3 rings (SSSR count). The molecule has 2 atom stereocenters. The Bertz CT molecular complexity index is 747. The van der Waals surface area contributed by atoms with Crippen LogP contribution in [0.4, 0.5) is 0 Å². The minimum Gasteiger partial charge on any atom is -0.391 e. The Morgan fingerprint density at radius 3 is 2.62 bits per heavy atom. The predicted molar refractivity (Wildman–Crippen MR) is 78.5 cm³/mol. The van der Waals surface area contributed by atoms with Gasteiger partial charge in [0.25, 0.3) is 0 Å². The van der Waals surface area contributed by atoms with Crippen LogP contribution in [0.3, 0.4) is 0 Å². The molecule has 0 amide bonds. The highest BCUT2D eigenvalue weighted by atomic mass is 35.5. The first-order chi connectivity index (χ1) is 9.94. The van der Waals surface area contributed by atoms with E-state index in [1.165, 1.54) is 4.68 Å². The molecule has 7 nitrogen and oxygen atoms in total. The van der Waals surface area contributed by atoms with E-state index in [9.17, 15) is 13.5 Å². The molecular formula is C11H11ClN4O3S2. The predicted octanol–water partition coefficient (Wildman–Crippen LogP) is 0.566. The average molecular weight is 347 g/mol. The van der Waals surface area contributed by atoms with E-state index in [1.54, 1.807) is 24.3 Å². The van der Waals surface area contributed by atoms with E-state index in [2.05, 4.69) is 15.5 Å². The molecule has 10 heteroatoms. The largest absolute Gasteiger partial charge is 0.391 e. The van der Waals surface area contributed by atoms with Gasteiger partial charge < -0.3 is 5.11 Å². The van der Waals surface area contributed by atoms with Crippen LogP contribution in [0, 0.1) is 0 Å². The lowest BCUT2D eigenvalue weighted by atomic mass is 10.3. The molecule has 0 radical (unpaired) electrons. The van der Waals surface area contributed by atoms with E-state index >= 15 is 0 Å². The Morgan fingerprint density at radius 1 is 1.29 bits per heavy atom. The summed E-state index contributed by atoms with van der Waals surface area (Å²) in [5.74, 6) is -0.292. The highest BCUT2D eigenvalue weighted by molar-refractivity contribution is 8.01. The first-order valence-corrected chi connectivity index (χ1v) is 9.12. The molecule has 2 aromatic rings. The first-order valence-electron chi connectivity index (χ1n) is 6.04. The van der Waals surface area contributed by atoms with Crippen molar-refractivity contribution in [2.75, 3.05) is 11.5 Å². The van der Waals surface area contributed by atoms with Gasteiger partial charge in [0, 0.05) is 5.02 Å². The summed E-state index contributed by atoms with van der Waals surface area (Å²) in [6.07, 6.45) is -0.907. The van der Waals surface area contributed by atoms with Crippen molar-refractivity contribution in [3.8, 4) is 5.69 Å². The molecule has 1 aromatic carbocycles. The molecule has 1 saturated heterocycles. The summed E-state index contributed by atoms with van der Waals surface area (Å²) in [6.45, 7) is 0. The van der Waals surface area contributed by atoms with Crippen LogP contribution in [-0.2, 0) is 9.84 Å². The summed E-state index contributed by atoms with van der Waals surface area (Å²) in [5, 5.41) is 21.8. The zero-order chi connectivity index (χ0) is 15.0. The number of aliphatic hydroxyl groups excluding tert-OH is 1. The highest BCUT2D eigenvalue weighted by Crippen LogP contribution is 2.30. The molecule has 112 valence electrons. The van der Waals surface area contributed by atoms with Crippen molar-refractivity contribution in [2.45, 2.75) is 16.5 Å². The van der Waals surface area contributed by atoms with Gasteiger partial charge >= 0.3 is 0 Å². The second-order valence-corrected chi connectivity index (χ2v) is 8.45. The average Bonchev–Trinajstić information content (AvgIpc) is 2.95. The Balaban J connectivity index is 1.85. The number of tetrazole rings is 1. The van der Waals surface area contributed by atoms with E-state index in [-0.39, 0.29) is 11.5 Å². The summed E-state index contributed by atoms with van der Waals surface area (Å²) in [4.78, 5) is 0. The quantitative estimate of drug-likeness (QED) is 0.867. The van der Waals surface area contributed by atoms with Crippen molar-refractivity contribution in [1.29, 1.82) is 0 Å². The van der Waals surface area contributed by atoms with Gasteiger partial charge in [0.2, 0.25) is 5.16 Å². The summed E-state index contributed by atoms with van der Waals surface area (Å²) < 4.78 is 24.5. The van der Waals surface area contributed by atoms with Gasteiger partial charge in [-0.05, 0) is 34.7 Å². The lowest BCUT2D eigenvalue weighted by Gasteiger charge is -2.11. The van der Waals surface area contributed by atoms with E-state index in [1.807, 2.05) is 0 Å². The highest BCUT2D eigenvalue weighted by Gasteiger charge is 2.38. The Labute approximate surface area is 130 Å². The van der Waals surface area contributed by atoms with Gasteiger partial charge in [0.05, 0.1) is 28.5 Å². The van der Waals surface area contributed by atoms with Crippen molar-refractivity contribution >= 4 is 33.2 Å². The van der Waals surface area contributed by atoms with E-state index in [4.69, 9.17) is 11.6 Å². The molecule has 1 aliphatic heterocycles. The fourth-order valence-corrected chi connectivity index (χ4v) is 5.64. The standard InChI is InChI=1S/C11H11ClN4O3S2/c12-7-1-3-8(4-2-7)16-11(13-14-15-16)20-10-6-21(18,19)5-9(10)17/h1-4,9-10,17H,5-6H2/t9-,10+/m1/s1. The topological polar surface area (TPSA) is 98.0 Å². The number of nitrogens with zero attached hydrogens (tertiary/aromatic N) is 4. The van der Waals surface area contributed by atoms with Gasteiger partial charge in [-0.15, -0.1) is 5.10 Å². The molecule has 1 aliphatic rings. The summed E-state index contributed by atoms with van der Waals surface area (Å²) in [6, 6.07) is 6.93. The minimum absolute atomic E-state index is 0.0771. The third-order valence-corrected chi connectivity index (χ3v) is 6.47. The van der Waals surface area contributed by atoms with Gasteiger partial charge in [0.1, 0.15) is 0 Å². The summed E-state index contributed by atoms with van der Waals surface area (Å²) in [7, 11) is -3.20. The zero-order valence-corrected chi connectivity index (χ0v) is 13.0. The molecule has 0 spiro atoms. The fourth-order valence-electron chi connectivity index (χ4n) is 2.04. The molecular weight excluding hydrogens is 336 g/mol. The van der Waals surface area contributed by atoms with Gasteiger partial charge in [0.15, 0.2) is 9.84 Å². The molecule has 21 heavy (non-hydrogen) atoms. The molecule has 1 aromatic heterocycles.